The molecule has 3 aromatic rings. The third kappa shape index (κ3) is 9.02. The van der Waals surface area contributed by atoms with Crippen molar-refractivity contribution in [3.05, 3.63) is 78.1 Å². The van der Waals surface area contributed by atoms with E-state index in [1.807, 2.05) is 30.5 Å². The van der Waals surface area contributed by atoms with E-state index in [1.165, 1.54) is 5.56 Å². The van der Waals surface area contributed by atoms with E-state index in [0.717, 1.165) is 22.8 Å². The molecule has 35 heavy (non-hydrogen) atoms. The van der Waals surface area contributed by atoms with Crippen molar-refractivity contribution in [2.45, 2.75) is 52.3 Å². The Morgan fingerprint density at radius 3 is 2.54 bits per heavy atom. The summed E-state index contributed by atoms with van der Waals surface area (Å²) < 4.78 is 5.26. The van der Waals surface area contributed by atoms with Gasteiger partial charge in [-0.2, -0.15) is 0 Å². The largest absolute Gasteiger partial charge is 0.444 e. The minimum atomic E-state index is -0.613. The van der Waals surface area contributed by atoms with Gasteiger partial charge in [-0.3, -0.25) is 9.78 Å². The smallest absolute Gasteiger partial charge is 0.408 e. The molecule has 1 heterocycles. The fourth-order valence-electron chi connectivity index (χ4n) is 3.73. The number of ether oxygens (including phenoxy) is 1. The topological polar surface area (TPSA) is 83.6 Å². The Labute approximate surface area is 207 Å². The maximum absolute atomic E-state index is 13.0. The third-order valence-electron chi connectivity index (χ3n) is 5.50. The average molecular weight is 477 g/mol. The number of amides is 2. The number of pyridine rings is 1. The van der Waals surface area contributed by atoms with Crippen molar-refractivity contribution in [3.63, 3.8) is 0 Å². The lowest BCUT2D eigenvalue weighted by Gasteiger charge is -2.27. The van der Waals surface area contributed by atoms with Crippen LogP contribution >= 0.6 is 0 Å². The molecule has 0 fully saturated rings. The molecule has 1 atom stereocenters. The van der Waals surface area contributed by atoms with Crippen molar-refractivity contribution in [2.75, 3.05) is 19.6 Å². The maximum atomic E-state index is 13.0. The van der Waals surface area contributed by atoms with Gasteiger partial charge < -0.3 is 20.3 Å². The number of hydrogen-bond acceptors (Lipinski definition) is 5. The Morgan fingerprint density at radius 1 is 1.03 bits per heavy atom. The van der Waals surface area contributed by atoms with Gasteiger partial charge in [-0.1, -0.05) is 42.5 Å². The van der Waals surface area contributed by atoms with Crippen LogP contribution in [0.15, 0.2) is 67.0 Å². The van der Waals surface area contributed by atoms with Crippen LogP contribution in [0.3, 0.4) is 0 Å². The summed E-state index contributed by atoms with van der Waals surface area (Å²) in [5.41, 5.74) is 1.72. The number of aromatic nitrogens is 1. The molecule has 0 unspecified atom stereocenters. The molecule has 0 bridgehead atoms. The summed E-state index contributed by atoms with van der Waals surface area (Å²) in [6.07, 6.45) is 3.80. The zero-order valence-corrected chi connectivity index (χ0v) is 21.1. The predicted octanol–water partition coefficient (Wildman–Crippen LogP) is 4.31. The summed E-state index contributed by atoms with van der Waals surface area (Å²) >= 11 is 0. The van der Waals surface area contributed by atoms with Crippen molar-refractivity contribution in [1.29, 1.82) is 0 Å². The van der Waals surface area contributed by atoms with E-state index in [-0.39, 0.29) is 18.5 Å². The van der Waals surface area contributed by atoms with E-state index in [0.29, 0.717) is 19.6 Å². The molecule has 186 valence electrons. The lowest BCUT2D eigenvalue weighted by Crippen LogP contribution is -2.47. The van der Waals surface area contributed by atoms with E-state index in [9.17, 15) is 9.59 Å². The van der Waals surface area contributed by atoms with Gasteiger partial charge in [-0.25, -0.2) is 4.79 Å². The highest BCUT2D eigenvalue weighted by Crippen LogP contribution is 2.14. The second kappa shape index (κ2) is 12.3. The first kappa shape index (κ1) is 26.2. The molecule has 2 amide bonds. The van der Waals surface area contributed by atoms with Crippen LogP contribution in [0.1, 0.15) is 38.8 Å². The van der Waals surface area contributed by atoms with E-state index in [1.54, 1.807) is 31.9 Å². The molecule has 0 spiro atoms. The first-order valence-corrected chi connectivity index (χ1v) is 12.0. The molecule has 0 aliphatic rings. The normalized spacial score (nSPS) is 12.2. The third-order valence-corrected chi connectivity index (χ3v) is 5.50. The van der Waals surface area contributed by atoms with E-state index in [2.05, 4.69) is 52.9 Å². The molecule has 2 N–H and O–H groups in total. The van der Waals surface area contributed by atoms with Crippen LogP contribution in [0, 0.1) is 0 Å². The Hall–Kier alpha value is -3.45. The number of alkyl carbamates (subject to hydrolysis) is 1. The molecule has 7 heteroatoms. The summed E-state index contributed by atoms with van der Waals surface area (Å²) in [5.74, 6) is -0.140. The van der Waals surface area contributed by atoms with Crippen LogP contribution in [-0.4, -0.2) is 53.2 Å². The van der Waals surface area contributed by atoms with Crippen LogP contribution in [0.25, 0.3) is 10.8 Å². The first-order chi connectivity index (χ1) is 16.7. The molecule has 1 aromatic heterocycles. The fourth-order valence-corrected chi connectivity index (χ4v) is 3.73. The molecule has 0 aliphatic heterocycles. The number of nitrogens with one attached hydrogen (secondary N) is 2. The average Bonchev–Trinajstić information content (AvgIpc) is 2.83. The van der Waals surface area contributed by atoms with Gasteiger partial charge in [0.15, 0.2) is 0 Å². The second-order valence-corrected chi connectivity index (χ2v) is 9.77. The van der Waals surface area contributed by atoms with Crippen molar-refractivity contribution in [3.8, 4) is 0 Å². The van der Waals surface area contributed by atoms with Gasteiger partial charge in [-0.15, -0.1) is 0 Å². The molecule has 3 rings (SSSR count). The second-order valence-electron chi connectivity index (χ2n) is 9.77. The summed E-state index contributed by atoms with van der Waals surface area (Å²) in [7, 11) is 0. The summed E-state index contributed by atoms with van der Waals surface area (Å²) in [5, 5.41) is 8.37. The molecular weight excluding hydrogens is 440 g/mol. The van der Waals surface area contributed by atoms with Crippen molar-refractivity contribution in [2.24, 2.45) is 0 Å². The fraction of sp³-hybridized carbons (Fsp3) is 0.393. The van der Waals surface area contributed by atoms with Gasteiger partial charge in [0.05, 0.1) is 0 Å². The standard InChI is InChI=1S/C28H36N4O3/c1-21(30-17-23-10-11-25-18-29-14-12-24(25)16-23)20-32(15-13-22-8-6-5-7-9-22)26(33)19-31-27(34)35-28(2,3)4/h5-12,14,16,18,21,30H,13,15,17,19-20H2,1-4H3,(H,31,34)/t21-/m1/s1. The van der Waals surface area contributed by atoms with Crippen LogP contribution in [-0.2, 0) is 22.5 Å². The Bertz CT molecular complexity index is 1110. The summed E-state index contributed by atoms with van der Waals surface area (Å²) in [6, 6.07) is 18.5. The molecule has 0 saturated carbocycles. The van der Waals surface area contributed by atoms with E-state index >= 15 is 0 Å². The number of carbonyl (C=O) groups excluding carboxylic acids is 2. The molecule has 0 aliphatic carbocycles. The Morgan fingerprint density at radius 2 is 1.80 bits per heavy atom. The highest BCUT2D eigenvalue weighted by Gasteiger charge is 2.20. The highest BCUT2D eigenvalue weighted by molar-refractivity contribution is 5.83. The number of nitrogens with zero attached hydrogens (tertiary/aromatic N) is 2. The molecular formula is C28H36N4O3. The van der Waals surface area contributed by atoms with Crippen molar-refractivity contribution in [1.82, 2.24) is 20.5 Å². The number of fused-ring (bicyclic) bond motifs is 1. The summed E-state index contributed by atoms with van der Waals surface area (Å²) in [4.78, 5) is 31.0. The van der Waals surface area contributed by atoms with Crippen LogP contribution in [0.4, 0.5) is 4.79 Å². The molecule has 7 nitrogen and oxygen atoms in total. The van der Waals surface area contributed by atoms with Gasteiger partial charge in [-0.05, 0) is 62.8 Å². The van der Waals surface area contributed by atoms with Crippen LogP contribution < -0.4 is 10.6 Å². The van der Waals surface area contributed by atoms with Gasteiger partial charge in [0.2, 0.25) is 5.91 Å². The minimum absolute atomic E-state index is 0.0596. The van der Waals surface area contributed by atoms with Gasteiger partial charge >= 0.3 is 6.09 Å². The van der Waals surface area contributed by atoms with E-state index < -0.39 is 11.7 Å². The molecule has 0 saturated heterocycles. The Balaban J connectivity index is 1.58. The zero-order chi connectivity index (χ0) is 25.3. The maximum Gasteiger partial charge on any atom is 0.408 e. The SMILES string of the molecule is C[C@H](CN(CCc1ccccc1)C(=O)CNC(=O)OC(C)(C)C)NCc1ccc2cnccc2c1. The highest BCUT2D eigenvalue weighted by atomic mass is 16.6. The number of rotatable bonds is 10. The van der Waals surface area contributed by atoms with Gasteiger partial charge in [0.1, 0.15) is 12.1 Å². The van der Waals surface area contributed by atoms with Crippen LogP contribution in [0.5, 0.6) is 0 Å². The van der Waals surface area contributed by atoms with Gasteiger partial charge in [0, 0.05) is 43.5 Å². The zero-order valence-electron chi connectivity index (χ0n) is 21.1. The summed E-state index contributed by atoms with van der Waals surface area (Å²) in [6.45, 7) is 9.12. The number of carbonyl (C=O) groups is 2. The van der Waals surface area contributed by atoms with E-state index in [4.69, 9.17) is 4.74 Å². The number of hydrogen-bond donors (Lipinski definition) is 2. The minimum Gasteiger partial charge on any atom is -0.444 e. The Kier molecular flexibility index (Phi) is 9.20. The molecule has 2 aromatic carbocycles. The van der Waals surface area contributed by atoms with Gasteiger partial charge in [0.25, 0.3) is 0 Å². The van der Waals surface area contributed by atoms with Crippen molar-refractivity contribution >= 4 is 22.8 Å². The quantitative estimate of drug-likeness (QED) is 0.456. The van der Waals surface area contributed by atoms with Crippen LogP contribution in [0.2, 0.25) is 0 Å². The predicted molar refractivity (Wildman–Crippen MR) is 139 cm³/mol. The molecule has 0 radical (unpaired) electrons. The lowest BCUT2D eigenvalue weighted by atomic mass is 10.1. The van der Waals surface area contributed by atoms with Crippen molar-refractivity contribution < 1.29 is 14.3 Å². The number of benzene rings is 2. The lowest BCUT2D eigenvalue weighted by molar-refractivity contribution is -0.130. The monoisotopic (exact) mass is 476 g/mol. The first-order valence-electron chi connectivity index (χ1n) is 12.0.